The molecule has 0 aliphatic carbocycles. The predicted octanol–water partition coefficient (Wildman–Crippen LogP) is 7.50. The Morgan fingerprint density at radius 3 is 2.24 bits per heavy atom. The van der Waals surface area contributed by atoms with Gasteiger partial charge in [0.05, 0.1) is 10.6 Å². The number of thioether (sulfide) groups is 1. The third-order valence-corrected chi connectivity index (χ3v) is 6.43. The second-order valence-corrected chi connectivity index (χ2v) is 9.20. The summed E-state index contributed by atoms with van der Waals surface area (Å²) >= 11 is 6.86. The lowest BCUT2D eigenvalue weighted by Crippen LogP contribution is -2.27. The summed E-state index contributed by atoms with van der Waals surface area (Å²) in [5, 5.41) is 0.409. The van der Waals surface area contributed by atoms with Crippen LogP contribution in [0.4, 0.5) is 10.5 Å². The van der Waals surface area contributed by atoms with Crippen molar-refractivity contribution in [3.8, 4) is 5.75 Å². The molecule has 0 aromatic heterocycles. The lowest BCUT2D eigenvalue weighted by Gasteiger charge is -2.13. The summed E-state index contributed by atoms with van der Waals surface area (Å²) in [6, 6.07) is 22.6. The van der Waals surface area contributed by atoms with E-state index in [-0.39, 0.29) is 11.1 Å². The molecule has 33 heavy (non-hydrogen) atoms. The van der Waals surface area contributed by atoms with Gasteiger partial charge in [-0.25, -0.2) is 4.90 Å². The van der Waals surface area contributed by atoms with Crippen LogP contribution < -0.4 is 9.64 Å². The van der Waals surface area contributed by atoms with Crippen LogP contribution in [0.1, 0.15) is 36.5 Å². The standard InChI is InChI=1S/C27H24ClNO3S/c1-2-3-4-19-7-13-23(14-8-19)29-26(30)25(33-27(29)31)17-20-9-15-24(16-10-20)32-18-21-5-11-22(28)12-6-21/h5-17H,2-4,18H2,1H3/b25-17-. The van der Waals surface area contributed by atoms with E-state index in [9.17, 15) is 9.59 Å². The van der Waals surface area contributed by atoms with Crippen molar-refractivity contribution in [2.24, 2.45) is 0 Å². The minimum absolute atomic E-state index is 0.282. The predicted molar refractivity (Wildman–Crippen MR) is 136 cm³/mol. The van der Waals surface area contributed by atoms with Crippen LogP contribution in [-0.2, 0) is 17.8 Å². The van der Waals surface area contributed by atoms with Crippen LogP contribution in [0, 0.1) is 0 Å². The van der Waals surface area contributed by atoms with E-state index in [1.807, 2.05) is 72.8 Å². The van der Waals surface area contributed by atoms with Gasteiger partial charge in [-0.05, 0) is 83.8 Å². The number of nitrogens with zero attached hydrogens (tertiary/aromatic N) is 1. The Bertz CT molecular complexity index is 1160. The average Bonchev–Trinajstić information content (AvgIpc) is 3.11. The first-order valence-electron chi connectivity index (χ1n) is 10.9. The van der Waals surface area contributed by atoms with Crippen LogP contribution in [0.3, 0.4) is 0 Å². The van der Waals surface area contributed by atoms with Crippen molar-refractivity contribution >= 4 is 46.3 Å². The van der Waals surface area contributed by atoms with E-state index in [0.29, 0.717) is 22.2 Å². The van der Waals surface area contributed by atoms with Gasteiger partial charge in [-0.1, -0.05) is 61.3 Å². The largest absolute Gasteiger partial charge is 0.489 e. The molecular formula is C27H24ClNO3S. The molecule has 3 aromatic rings. The summed E-state index contributed by atoms with van der Waals surface area (Å²) in [6.45, 7) is 2.59. The van der Waals surface area contributed by atoms with E-state index in [1.54, 1.807) is 6.08 Å². The first-order valence-corrected chi connectivity index (χ1v) is 12.1. The van der Waals surface area contributed by atoms with E-state index < -0.39 is 0 Å². The molecule has 1 fully saturated rings. The molecule has 1 saturated heterocycles. The Balaban J connectivity index is 1.41. The van der Waals surface area contributed by atoms with Crippen LogP contribution in [-0.4, -0.2) is 11.1 Å². The molecule has 0 atom stereocenters. The highest BCUT2D eigenvalue weighted by Crippen LogP contribution is 2.36. The second kappa shape index (κ2) is 10.7. The number of rotatable bonds is 8. The smallest absolute Gasteiger partial charge is 0.298 e. The van der Waals surface area contributed by atoms with Crippen LogP contribution >= 0.6 is 23.4 Å². The molecule has 0 bridgehead atoms. The van der Waals surface area contributed by atoms with E-state index >= 15 is 0 Å². The second-order valence-electron chi connectivity index (χ2n) is 7.77. The van der Waals surface area contributed by atoms with Crippen LogP contribution in [0.2, 0.25) is 5.02 Å². The first-order chi connectivity index (χ1) is 16.0. The van der Waals surface area contributed by atoms with E-state index in [0.717, 1.165) is 47.9 Å². The van der Waals surface area contributed by atoms with Crippen molar-refractivity contribution in [3.63, 3.8) is 0 Å². The van der Waals surface area contributed by atoms with E-state index in [4.69, 9.17) is 16.3 Å². The number of hydrogen-bond donors (Lipinski definition) is 0. The van der Waals surface area contributed by atoms with Crippen molar-refractivity contribution in [1.82, 2.24) is 0 Å². The van der Waals surface area contributed by atoms with Gasteiger partial charge < -0.3 is 4.74 Å². The number of hydrogen-bond acceptors (Lipinski definition) is 4. The van der Waals surface area contributed by atoms with Crippen LogP contribution in [0.15, 0.2) is 77.7 Å². The highest BCUT2D eigenvalue weighted by molar-refractivity contribution is 8.19. The van der Waals surface area contributed by atoms with Crippen molar-refractivity contribution in [2.75, 3.05) is 4.90 Å². The third-order valence-electron chi connectivity index (χ3n) is 5.30. The topological polar surface area (TPSA) is 46.6 Å². The monoisotopic (exact) mass is 477 g/mol. The summed E-state index contributed by atoms with van der Waals surface area (Å²) in [6.07, 6.45) is 4.99. The number of benzene rings is 3. The molecule has 0 N–H and O–H groups in total. The molecule has 0 radical (unpaired) electrons. The minimum atomic E-state index is -0.297. The molecule has 168 valence electrons. The molecular weight excluding hydrogens is 454 g/mol. The van der Waals surface area contributed by atoms with Gasteiger partial charge >= 0.3 is 0 Å². The van der Waals surface area contributed by atoms with Crippen molar-refractivity contribution in [1.29, 1.82) is 0 Å². The Morgan fingerprint density at radius 1 is 0.909 bits per heavy atom. The number of aryl methyl sites for hydroxylation is 1. The van der Waals surface area contributed by atoms with Crippen LogP contribution in [0.25, 0.3) is 6.08 Å². The maximum absolute atomic E-state index is 12.9. The molecule has 4 nitrogen and oxygen atoms in total. The molecule has 1 heterocycles. The maximum Gasteiger partial charge on any atom is 0.298 e. The zero-order chi connectivity index (χ0) is 23.2. The van der Waals surface area contributed by atoms with Gasteiger partial charge in [-0.2, -0.15) is 0 Å². The number of unbranched alkanes of at least 4 members (excludes halogenated alkanes) is 1. The number of imide groups is 1. The van der Waals surface area contributed by atoms with Crippen molar-refractivity contribution < 1.29 is 14.3 Å². The van der Waals surface area contributed by atoms with Gasteiger partial charge in [-0.15, -0.1) is 0 Å². The van der Waals surface area contributed by atoms with Crippen LogP contribution in [0.5, 0.6) is 5.75 Å². The molecule has 0 saturated carbocycles. The lowest BCUT2D eigenvalue weighted by molar-refractivity contribution is -0.113. The van der Waals surface area contributed by atoms with Gasteiger partial charge in [0.1, 0.15) is 12.4 Å². The fourth-order valence-electron chi connectivity index (χ4n) is 3.44. The SMILES string of the molecule is CCCCc1ccc(N2C(=O)S/C(=C\c3ccc(OCc4ccc(Cl)cc4)cc3)C2=O)cc1. The summed E-state index contributed by atoms with van der Waals surface area (Å²) in [5.41, 5.74) is 3.67. The van der Waals surface area contributed by atoms with Crippen molar-refractivity contribution in [3.05, 3.63) is 99.4 Å². The molecule has 0 unspecified atom stereocenters. The minimum Gasteiger partial charge on any atom is -0.489 e. The highest BCUT2D eigenvalue weighted by atomic mass is 35.5. The number of halogens is 1. The molecule has 1 aliphatic heterocycles. The van der Waals surface area contributed by atoms with Gasteiger partial charge in [0.15, 0.2) is 0 Å². The lowest BCUT2D eigenvalue weighted by atomic mass is 10.1. The summed E-state index contributed by atoms with van der Waals surface area (Å²) in [4.78, 5) is 27.1. The van der Waals surface area contributed by atoms with Gasteiger partial charge in [0.2, 0.25) is 0 Å². The fourth-order valence-corrected chi connectivity index (χ4v) is 4.41. The zero-order valence-electron chi connectivity index (χ0n) is 18.3. The number of amides is 2. The van der Waals surface area contributed by atoms with E-state index in [1.165, 1.54) is 10.5 Å². The Hall–Kier alpha value is -3.02. The Kier molecular flexibility index (Phi) is 7.53. The van der Waals surface area contributed by atoms with E-state index in [2.05, 4.69) is 6.92 Å². The summed E-state index contributed by atoms with van der Waals surface area (Å²) in [7, 11) is 0. The average molecular weight is 478 g/mol. The molecule has 2 amide bonds. The number of anilines is 1. The third kappa shape index (κ3) is 5.86. The van der Waals surface area contributed by atoms with Gasteiger partial charge in [0.25, 0.3) is 11.1 Å². The molecule has 1 aliphatic rings. The quantitative estimate of drug-likeness (QED) is 0.315. The summed E-state index contributed by atoms with van der Waals surface area (Å²) < 4.78 is 5.81. The first kappa shape index (κ1) is 23.1. The number of carbonyl (C=O) groups is 2. The fraction of sp³-hybridized carbons (Fsp3) is 0.185. The Morgan fingerprint density at radius 2 is 1.58 bits per heavy atom. The maximum atomic E-state index is 12.9. The number of ether oxygens (including phenoxy) is 1. The van der Waals surface area contributed by atoms with Crippen molar-refractivity contribution in [2.45, 2.75) is 32.8 Å². The van der Waals surface area contributed by atoms with Gasteiger partial charge in [-0.3, -0.25) is 9.59 Å². The number of carbonyl (C=O) groups excluding carboxylic acids is 2. The normalized spacial score (nSPS) is 14.8. The summed E-state index contributed by atoms with van der Waals surface area (Å²) in [5.74, 6) is 0.424. The highest BCUT2D eigenvalue weighted by Gasteiger charge is 2.36. The van der Waals surface area contributed by atoms with Gasteiger partial charge in [0, 0.05) is 5.02 Å². The molecule has 4 rings (SSSR count). The molecule has 3 aromatic carbocycles. The molecule has 6 heteroatoms. The zero-order valence-corrected chi connectivity index (χ0v) is 19.9. The Labute approximate surface area is 203 Å². The molecule has 0 spiro atoms.